The van der Waals surface area contributed by atoms with Gasteiger partial charge in [-0.3, -0.25) is 29.7 Å². The minimum absolute atomic E-state index is 0. The molecule has 8 rings (SSSR count). The molecule has 0 spiro atoms. The number of thiol groups is 1. The molecule has 0 amide bonds. The predicted molar refractivity (Wildman–Crippen MR) is 418 cm³/mol. The molecule has 591 valence electrons. The number of ether oxygens (including phenoxy) is 13. The van der Waals surface area contributed by atoms with Crippen molar-refractivity contribution in [3.8, 4) is 70.0 Å². The second-order valence-corrected chi connectivity index (χ2v) is 19.9. The van der Waals surface area contributed by atoms with Crippen LogP contribution in [0.2, 0.25) is 0 Å². The van der Waals surface area contributed by atoms with Gasteiger partial charge in [0.25, 0.3) is 52.5 Å². The molecule has 0 aliphatic heterocycles. The first-order valence-corrected chi connectivity index (χ1v) is 31.1. The number of aliphatic carboxylic acids is 1. The summed E-state index contributed by atoms with van der Waals surface area (Å²) in [7, 11) is 19.3. The van der Waals surface area contributed by atoms with Gasteiger partial charge in [-0.15, -0.1) is 17.0 Å². The number of oxazole rings is 1. The van der Waals surface area contributed by atoms with E-state index in [9.17, 15) is 19.2 Å². The summed E-state index contributed by atoms with van der Waals surface area (Å²) in [6, 6.07) is 9.91. The number of anilines is 3. The van der Waals surface area contributed by atoms with Gasteiger partial charge in [-0.1, -0.05) is 14.9 Å². The third-order valence-corrected chi connectivity index (χ3v) is 12.4. The van der Waals surface area contributed by atoms with E-state index in [0.717, 1.165) is 11.4 Å². The van der Waals surface area contributed by atoms with Crippen LogP contribution in [0.1, 0.15) is 83.0 Å². The van der Waals surface area contributed by atoms with Crippen molar-refractivity contribution in [1.29, 1.82) is 5.26 Å². The van der Waals surface area contributed by atoms with E-state index in [4.69, 9.17) is 119 Å². The summed E-state index contributed by atoms with van der Waals surface area (Å²) in [6.45, 7) is 13.5. The average Bonchev–Trinajstić information content (AvgIpc) is 1.65. The number of carboxylic acids is 2. The van der Waals surface area contributed by atoms with Gasteiger partial charge in [0, 0.05) is 90.9 Å². The Labute approximate surface area is 655 Å². The Balaban J connectivity index is -0.000000206. The number of hydrogen-bond acceptors (Lipinski definition) is 34. The Bertz CT molecular complexity index is 3880. The zero-order valence-electron chi connectivity index (χ0n) is 59.5. The third kappa shape index (κ3) is 41.7. The van der Waals surface area contributed by atoms with Crippen LogP contribution in [-0.4, -0.2) is 188 Å². The number of rotatable bonds is 18. The van der Waals surface area contributed by atoms with Gasteiger partial charge in [0.05, 0.1) is 113 Å². The number of carbonyl (C=O) groups is 3. The number of aromatic nitrogens is 8. The first-order valence-electron chi connectivity index (χ1n) is 28.3. The Morgan fingerprint density at radius 1 is 0.660 bits per heavy atom. The molecule has 8 aromatic heterocycles. The van der Waals surface area contributed by atoms with Crippen LogP contribution >= 0.6 is 77.6 Å². The molecule has 0 aliphatic rings. The standard InChI is InChI=1S/C8H9NO4.C8H9NO3.C8H18O3.C7H5BrN2O2.C7H9BrN2O2.C7H10N2O2.C7H9NO2.C5H5BrN2O2.C2H3N.C2H4O2.2CH4.BHNS.BrH.H2O2/c1-12-6-5(8(10)11)3-4-9-7(6)13-2;1-11-7-6(5-10)3-4-9-8(7)12-2;1-5-9-8(4,10-6-2)11-7-3;1-3-10-5-4(8)2-9-7(11)6(5)12-3;1-11-6-5(9)4(8)3-10-7(6)12-2;1-10-6-5(8)3-4-9-7(6)11-2;1-9-6-4-3-5-8-7(6)10-2;6-2-1-8-5(10)4(9)3(2)7;1-2-3;1-2(3)4;;;1-2-3;;1-2/h3-4H,1-2H3,(H,10,11);3-5H,1-2H3;5-7H2,1-4H3;2H,1H3,(H,9,11);3H,1-2H3,(H2,9,10);3-4H,1-2H3,(H2,8,9);3-5H,1-2H3;1,9H,(H3,7,8,10);1H3;1H3,(H,3,4);2*1H4;3H;1H;1-2H. The number of nitrogens with two attached hydrogens (primary N) is 3. The monoisotopic (exact) mass is 1770 g/mol. The zero-order chi connectivity index (χ0) is 79.8. The fourth-order valence-electron chi connectivity index (χ4n) is 6.54. The van der Waals surface area contributed by atoms with Gasteiger partial charge in [0.15, 0.2) is 29.4 Å². The number of halogens is 4. The molecule has 0 unspecified atom stereocenters. The number of H-pyrrole nitrogens is 2. The molecule has 43 heteroatoms. The summed E-state index contributed by atoms with van der Waals surface area (Å²) in [6.07, 6.45) is 11.2. The molecule has 106 heavy (non-hydrogen) atoms. The van der Waals surface area contributed by atoms with Crippen molar-refractivity contribution in [2.45, 2.75) is 69.3 Å². The number of nitrogen functional groups attached to an aromatic ring is 3. The van der Waals surface area contributed by atoms with E-state index in [1.807, 2.05) is 20.8 Å². The number of aldehydes is 1. The van der Waals surface area contributed by atoms with Crippen molar-refractivity contribution in [2.24, 2.45) is 4.30 Å². The fraction of sp³-hybridized carbons (Fsp3) is 0.365. The minimum atomic E-state index is -1.07. The summed E-state index contributed by atoms with van der Waals surface area (Å²) >= 11 is 12.7. The average molecular weight is 1780 g/mol. The molecular weight excluding hydrogens is 1690 g/mol. The van der Waals surface area contributed by atoms with E-state index in [2.05, 4.69) is 112 Å². The third-order valence-electron chi connectivity index (χ3n) is 10.5. The second-order valence-electron chi connectivity index (χ2n) is 17.1. The van der Waals surface area contributed by atoms with Crippen molar-refractivity contribution >= 4 is 132 Å². The van der Waals surface area contributed by atoms with Crippen LogP contribution in [0.25, 0.3) is 11.1 Å². The van der Waals surface area contributed by atoms with Crippen molar-refractivity contribution < 1.29 is 106 Å². The van der Waals surface area contributed by atoms with E-state index in [0.29, 0.717) is 110 Å². The molecule has 8 aromatic rings. The molecule has 0 aromatic carbocycles. The van der Waals surface area contributed by atoms with Gasteiger partial charge < -0.3 is 108 Å². The van der Waals surface area contributed by atoms with Crippen LogP contribution in [0.4, 0.5) is 17.1 Å². The molecule has 37 nitrogen and oxygen atoms in total. The molecule has 0 aliphatic carbocycles. The molecule has 8 heterocycles. The molecule has 1 radical (unpaired) electrons. The zero-order valence-corrected chi connectivity index (χ0v) is 66.9. The number of aromatic carboxylic acids is 1. The number of carboxylic acid groups (broad SMARTS) is 2. The first kappa shape index (κ1) is 110. The topological polar surface area (TPSA) is 543 Å². The van der Waals surface area contributed by atoms with Crippen LogP contribution in [0, 0.1) is 18.3 Å². The van der Waals surface area contributed by atoms with E-state index < -0.39 is 29.2 Å². The Kier molecular flexibility index (Phi) is 67.2. The fourth-order valence-corrected chi connectivity index (χ4v) is 7.51. The Morgan fingerprint density at radius 2 is 1.07 bits per heavy atom. The number of nitrogens with zero attached hydrogens (tertiary/aromatic N) is 8. The number of aromatic amines is 2. The second kappa shape index (κ2) is 64.9. The molecular formula is C63H93BBr4N13O24S. The number of hydrogen-bond donors (Lipinski definition) is 11. The van der Waals surface area contributed by atoms with Crippen LogP contribution in [0.3, 0.4) is 0 Å². The van der Waals surface area contributed by atoms with Gasteiger partial charge in [0.2, 0.25) is 22.8 Å². The molecule has 0 fully saturated rings. The number of fused-ring (bicyclic) bond motifs is 1. The predicted octanol–water partition coefficient (Wildman–Crippen LogP) is 11.4. The van der Waals surface area contributed by atoms with E-state index in [1.54, 1.807) is 83.2 Å². The van der Waals surface area contributed by atoms with E-state index >= 15 is 0 Å². The summed E-state index contributed by atoms with van der Waals surface area (Å²) in [5, 5.41) is 44.4. The van der Waals surface area contributed by atoms with Gasteiger partial charge in [0.1, 0.15) is 11.1 Å². The molecule has 0 saturated carbocycles. The molecule has 0 atom stereocenters. The van der Waals surface area contributed by atoms with Gasteiger partial charge in [-0.2, -0.15) is 5.26 Å². The number of nitrogens with one attached hydrogen (secondary N) is 2. The Morgan fingerprint density at radius 3 is 1.45 bits per heavy atom. The molecule has 0 bridgehead atoms. The van der Waals surface area contributed by atoms with E-state index in [-0.39, 0.29) is 65.9 Å². The molecule has 0 saturated heterocycles. The number of nitriles is 1. The van der Waals surface area contributed by atoms with Crippen molar-refractivity contribution in [1.82, 2.24) is 39.9 Å². The van der Waals surface area contributed by atoms with Crippen LogP contribution in [0.15, 0.2) is 105 Å². The summed E-state index contributed by atoms with van der Waals surface area (Å²) in [5.74, 6) is 1.19. The summed E-state index contributed by atoms with van der Waals surface area (Å²) in [4.78, 5) is 80.2. The van der Waals surface area contributed by atoms with Crippen LogP contribution in [0.5, 0.6) is 63.9 Å². The van der Waals surface area contributed by atoms with Crippen molar-refractivity contribution in [2.75, 3.05) is 108 Å². The number of carbonyl (C=O) groups excluding carboxylic acids is 1. The number of aryl methyl sites for hydroxylation is 1. The summed E-state index contributed by atoms with van der Waals surface area (Å²) < 4.78 is 74.6. The van der Waals surface area contributed by atoms with Crippen molar-refractivity contribution in [3.63, 3.8) is 0 Å². The summed E-state index contributed by atoms with van der Waals surface area (Å²) in [5.41, 5.74) is 18.0. The van der Waals surface area contributed by atoms with Gasteiger partial charge in [-0.25, -0.2) is 34.7 Å². The van der Waals surface area contributed by atoms with Gasteiger partial charge in [-0.05, 0) is 98.9 Å². The maximum absolute atomic E-state index is 11.1. The SMILES string of the molecule is Br.C.C.CC#N.CC(=O)O.CCOC(C)(OCC)OCC.COc1cccnc1OC.COc1ncc(Br)c(N)c1OC.COc1nccc(C(=O)O)c1OC.COc1nccc(C=O)c1OC.COc1nccc(N)c1OC.Cc1nc2c(Br)c[nH]c(=O)c2o1.Nc1c(Br)c[nH]c(=O)c1O.OO.[B]=NS. The quantitative estimate of drug-likeness (QED) is 0.00949. The first-order chi connectivity index (χ1) is 49.0. The number of methoxy groups -OCH3 is 10. The normalized spacial score (nSPS) is 8.95. The van der Waals surface area contributed by atoms with Crippen LogP contribution in [-0.2, 0) is 19.0 Å². The van der Waals surface area contributed by atoms with Gasteiger partial charge >= 0.3 is 30.7 Å². The Hall–Kier alpha value is -9.65. The number of pyridine rings is 7. The van der Waals surface area contributed by atoms with Crippen molar-refractivity contribution in [3.05, 3.63) is 125 Å². The maximum atomic E-state index is 11.1. The van der Waals surface area contributed by atoms with Crippen LogP contribution < -0.4 is 75.7 Å². The van der Waals surface area contributed by atoms with E-state index in [1.165, 1.54) is 88.5 Å². The number of aromatic hydroxyl groups is 1. The molecule has 13 N–H and O–H groups in total.